The van der Waals surface area contributed by atoms with Crippen LogP contribution in [0, 0.1) is 5.41 Å². The number of hydrogen-bond acceptors (Lipinski definition) is 4. The Bertz CT molecular complexity index is 304. The normalized spacial score (nSPS) is 22.1. The molecule has 5 heteroatoms. The summed E-state index contributed by atoms with van der Waals surface area (Å²) in [4.78, 5) is 26.3. The highest BCUT2D eigenvalue weighted by Gasteiger charge is 2.39. The summed E-state index contributed by atoms with van der Waals surface area (Å²) in [7, 11) is 1.27. The lowest BCUT2D eigenvalue weighted by atomic mass is 9.99. The molecule has 1 amide bonds. The van der Waals surface area contributed by atoms with Gasteiger partial charge in [-0.3, -0.25) is 9.59 Å². The Morgan fingerprint density at radius 1 is 1.50 bits per heavy atom. The summed E-state index contributed by atoms with van der Waals surface area (Å²) in [5.74, 6) is -0.935. The second-order valence-corrected chi connectivity index (χ2v) is 5.12. The van der Waals surface area contributed by atoms with Crippen molar-refractivity contribution in [3.05, 3.63) is 0 Å². The molecule has 1 aliphatic heterocycles. The summed E-state index contributed by atoms with van der Waals surface area (Å²) in [6, 6.07) is 0. The van der Waals surface area contributed by atoms with Crippen LogP contribution in [0.4, 0.5) is 0 Å². The summed E-state index contributed by atoms with van der Waals surface area (Å²) < 4.78 is 4.51. The molecule has 1 atom stereocenters. The molecular weight excluding hydrogens is 202 g/mol. The van der Waals surface area contributed by atoms with Gasteiger partial charge in [0.25, 0.3) is 5.91 Å². The predicted molar refractivity (Wildman–Crippen MR) is 55.3 cm³/mol. The van der Waals surface area contributed by atoms with Crippen LogP contribution in [0.15, 0.2) is 4.99 Å². The molecule has 4 nitrogen and oxygen atoms in total. The van der Waals surface area contributed by atoms with Gasteiger partial charge < -0.3 is 4.74 Å². The summed E-state index contributed by atoms with van der Waals surface area (Å²) in [6.07, 6.45) is 0. The first-order valence-electron chi connectivity index (χ1n) is 4.24. The second-order valence-electron chi connectivity index (χ2n) is 4.03. The standard InChI is InChI=1S/C9H13NO3S/c1-9(2,3)8-10-6(11)5(14-8)7(12)13-4/h5H,1-4H3. The van der Waals surface area contributed by atoms with Crippen LogP contribution in [0.25, 0.3) is 0 Å². The number of carbonyl (C=O) groups is 2. The maximum Gasteiger partial charge on any atom is 0.329 e. The van der Waals surface area contributed by atoms with Crippen LogP contribution in [0.1, 0.15) is 20.8 Å². The Morgan fingerprint density at radius 2 is 2.07 bits per heavy atom. The van der Waals surface area contributed by atoms with Gasteiger partial charge in [-0.25, -0.2) is 4.99 Å². The molecule has 0 saturated carbocycles. The molecule has 1 rings (SSSR count). The summed E-state index contributed by atoms with van der Waals surface area (Å²) in [5, 5.41) is -0.105. The van der Waals surface area contributed by atoms with E-state index in [1.54, 1.807) is 0 Å². The van der Waals surface area contributed by atoms with E-state index in [1.165, 1.54) is 18.9 Å². The fourth-order valence-corrected chi connectivity index (χ4v) is 2.01. The fourth-order valence-electron chi connectivity index (χ4n) is 0.948. The third-order valence-corrected chi connectivity index (χ3v) is 3.28. The zero-order valence-electron chi connectivity index (χ0n) is 8.66. The molecule has 0 aliphatic carbocycles. The minimum Gasteiger partial charge on any atom is -0.468 e. The highest BCUT2D eigenvalue weighted by Crippen LogP contribution is 2.33. The number of carbonyl (C=O) groups excluding carboxylic acids is 2. The first-order valence-corrected chi connectivity index (χ1v) is 5.11. The van der Waals surface area contributed by atoms with Gasteiger partial charge in [-0.05, 0) is 0 Å². The number of thioether (sulfide) groups is 1. The lowest BCUT2D eigenvalue weighted by molar-refractivity contribution is -0.142. The van der Waals surface area contributed by atoms with Crippen molar-refractivity contribution in [3.8, 4) is 0 Å². The molecule has 0 saturated heterocycles. The predicted octanol–water partition coefficient (Wildman–Crippen LogP) is 1.25. The van der Waals surface area contributed by atoms with Crippen LogP contribution in [-0.4, -0.2) is 29.3 Å². The van der Waals surface area contributed by atoms with Crippen molar-refractivity contribution in [1.29, 1.82) is 0 Å². The zero-order valence-corrected chi connectivity index (χ0v) is 9.47. The topological polar surface area (TPSA) is 55.7 Å². The van der Waals surface area contributed by atoms with Gasteiger partial charge in [0.15, 0.2) is 5.25 Å². The number of rotatable bonds is 1. The lowest BCUT2D eigenvalue weighted by Gasteiger charge is -2.17. The van der Waals surface area contributed by atoms with Crippen LogP contribution >= 0.6 is 11.8 Å². The van der Waals surface area contributed by atoms with Crippen molar-refractivity contribution >= 4 is 28.7 Å². The van der Waals surface area contributed by atoms with E-state index >= 15 is 0 Å². The van der Waals surface area contributed by atoms with E-state index in [0.717, 1.165) is 0 Å². The molecule has 1 aliphatic rings. The second kappa shape index (κ2) is 3.73. The minimum absolute atomic E-state index is 0.191. The van der Waals surface area contributed by atoms with Crippen LogP contribution < -0.4 is 0 Å². The van der Waals surface area contributed by atoms with Gasteiger partial charge in [0, 0.05) is 5.41 Å². The molecule has 14 heavy (non-hydrogen) atoms. The number of ether oxygens (including phenoxy) is 1. The first-order chi connectivity index (χ1) is 6.36. The van der Waals surface area contributed by atoms with E-state index in [-0.39, 0.29) is 5.41 Å². The van der Waals surface area contributed by atoms with E-state index in [9.17, 15) is 9.59 Å². The van der Waals surface area contributed by atoms with Crippen molar-refractivity contribution in [3.63, 3.8) is 0 Å². The van der Waals surface area contributed by atoms with Gasteiger partial charge in [-0.1, -0.05) is 32.5 Å². The Hall–Kier alpha value is -0.840. The fraction of sp³-hybridized carbons (Fsp3) is 0.667. The van der Waals surface area contributed by atoms with Gasteiger partial charge in [-0.15, -0.1) is 0 Å². The van der Waals surface area contributed by atoms with Crippen LogP contribution in [0.3, 0.4) is 0 Å². The average Bonchev–Trinajstić information content (AvgIpc) is 2.45. The lowest BCUT2D eigenvalue weighted by Crippen LogP contribution is -2.24. The molecule has 0 N–H and O–H groups in total. The third kappa shape index (κ3) is 2.15. The average molecular weight is 215 g/mol. The van der Waals surface area contributed by atoms with Crippen LogP contribution in [0.5, 0.6) is 0 Å². The molecule has 1 heterocycles. The number of amides is 1. The van der Waals surface area contributed by atoms with E-state index in [1.807, 2.05) is 20.8 Å². The number of methoxy groups -OCH3 is 1. The Balaban J connectivity index is 2.79. The Labute approximate surface area is 87.1 Å². The molecule has 0 spiro atoms. The molecular formula is C9H13NO3S. The van der Waals surface area contributed by atoms with Gasteiger partial charge >= 0.3 is 5.97 Å². The van der Waals surface area contributed by atoms with E-state index < -0.39 is 17.1 Å². The summed E-state index contributed by atoms with van der Waals surface area (Å²) >= 11 is 1.18. The maximum atomic E-state index is 11.3. The monoisotopic (exact) mass is 215 g/mol. The Kier molecular flexibility index (Phi) is 2.99. The summed E-state index contributed by atoms with van der Waals surface area (Å²) in [6.45, 7) is 5.85. The molecule has 0 fully saturated rings. The van der Waals surface area contributed by atoms with Crippen molar-refractivity contribution in [1.82, 2.24) is 0 Å². The molecule has 0 radical (unpaired) electrons. The number of nitrogens with zero attached hydrogens (tertiary/aromatic N) is 1. The first kappa shape index (κ1) is 11.2. The van der Waals surface area contributed by atoms with Gasteiger partial charge in [0.05, 0.1) is 12.2 Å². The van der Waals surface area contributed by atoms with Crippen molar-refractivity contribution in [2.75, 3.05) is 7.11 Å². The van der Waals surface area contributed by atoms with E-state index in [0.29, 0.717) is 5.04 Å². The molecule has 78 valence electrons. The number of hydrogen-bond donors (Lipinski definition) is 0. The van der Waals surface area contributed by atoms with E-state index in [4.69, 9.17) is 0 Å². The molecule has 0 aromatic carbocycles. The third-order valence-electron chi connectivity index (χ3n) is 1.72. The zero-order chi connectivity index (χ0) is 10.9. The van der Waals surface area contributed by atoms with Crippen LogP contribution in [-0.2, 0) is 14.3 Å². The van der Waals surface area contributed by atoms with Crippen molar-refractivity contribution < 1.29 is 14.3 Å². The van der Waals surface area contributed by atoms with Crippen molar-refractivity contribution in [2.24, 2.45) is 10.4 Å². The minimum atomic E-state index is -0.797. The van der Waals surface area contributed by atoms with Crippen LogP contribution in [0.2, 0.25) is 0 Å². The van der Waals surface area contributed by atoms with Gasteiger partial charge in [0.1, 0.15) is 0 Å². The molecule has 0 aromatic heterocycles. The van der Waals surface area contributed by atoms with Crippen molar-refractivity contribution in [2.45, 2.75) is 26.0 Å². The molecule has 0 aromatic rings. The maximum absolute atomic E-state index is 11.3. The highest BCUT2D eigenvalue weighted by molar-refractivity contribution is 8.16. The Morgan fingerprint density at radius 3 is 2.43 bits per heavy atom. The smallest absolute Gasteiger partial charge is 0.329 e. The molecule has 0 bridgehead atoms. The van der Waals surface area contributed by atoms with E-state index in [2.05, 4.69) is 9.73 Å². The molecule has 1 unspecified atom stereocenters. The number of aliphatic imine (C=N–C) groups is 1. The SMILES string of the molecule is COC(=O)C1SC(C(C)(C)C)=NC1=O. The summed E-state index contributed by atoms with van der Waals surface area (Å²) in [5.41, 5.74) is -0.191. The highest BCUT2D eigenvalue weighted by atomic mass is 32.2. The largest absolute Gasteiger partial charge is 0.468 e. The van der Waals surface area contributed by atoms with Gasteiger partial charge in [0.2, 0.25) is 0 Å². The number of esters is 1. The quantitative estimate of drug-likeness (QED) is 0.488. The van der Waals surface area contributed by atoms with Gasteiger partial charge in [-0.2, -0.15) is 0 Å².